The largest absolute Gasteiger partial charge is 0.352 e. The molecule has 1 N–H and O–H groups in total. The highest BCUT2D eigenvalue weighted by Crippen LogP contribution is 2.23. The molecule has 1 aliphatic carbocycles. The summed E-state index contributed by atoms with van der Waals surface area (Å²) >= 11 is 9.45. The number of carbonyl (C=O) groups is 1. The molecule has 1 aromatic carbocycles. The van der Waals surface area contributed by atoms with Gasteiger partial charge in [-0.05, 0) is 37.0 Å². The summed E-state index contributed by atoms with van der Waals surface area (Å²) in [6.45, 7) is 0.769. The molecule has 1 aromatic rings. The van der Waals surface area contributed by atoms with Crippen molar-refractivity contribution < 1.29 is 4.79 Å². The van der Waals surface area contributed by atoms with E-state index >= 15 is 0 Å². The lowest BCUT2D eigenvalue weighted by molar-refractivity contribution is 0.0945. The molecule has 0 heterocycles. The van der Waals surface area contributed by atoms with Crippen molar-refractivity contribution in [3.05, 3.63) is 33.3 Å². The Balaban J connectivity index is 1.87. The van der Waals surface area contributed by atoms with E-state index in [9.17, 15) is 4.79 Å². The molecule has 110 valence electrons. The molecule has 2 nitrogen and oxygen atoms in total. The van der Waals surface area contributed by atoms with Crippen LogP contribution in [0, 0.1) is 5.92 Å². The monoisotopic (exact) mass is 357 g/mol. The molecule has 0 aromatic heterocycles. The zero-order valence-corrected chi connectivity index (χ0v) is 14.0. The Morgan fingerprint density at radius 2 is 1.85 bits per heavy atom. The molecule has 1 aliphatic rings. The molecule has 0 bridgehead atoms. The minimum absolute atomic E-state index is 0.0652. The van der Waals surface area contributed by atoms with Crippen LogP contribution in [0.3, 0.4) is 0 Å². The predicted octanol–water partition coefficient (Wildman–Crippen LogP) is 5.19. The van der Waals surface area contributed by atoms with Crippen LogP contribution in [-0.2, 0) is 0 Å². The first kappa shape index (κ1) is 15.8. The van der Waals surface area contributed by atoms with Gasteiger partial charge in [-0.1, -0.05) is 59.6 Å². The Morgan fingerprint density at radius 3 is 2.50 bits per heavy atom. The molecule has 1 saturated carbocycles. The molecule has 1 fully saturated rings. The van der Waals surface area contributed by atoms with Crippen molar-refractivity contribution in [3.8, 4) is 0 Å². The number of nitrogens with one attached hydrogen (secondary N) is 1. The third-order valence-corrected chi connectivity index (χ3v) is 4.76. The standard InChI is InChI=1S/C16H21BrClNO/c17-13-8-9-14(15(18)10-13)16(20)19-11-12-6-4-2-1-3-5-7-12/h8-10,12H,1-7,11H2,(H,19,20). The highest BCUT2D eigenvalue weighted by atomic mass is 79.9. The van der Waals surface area contributed by atoms with Gasteiger partial charge in [-0.3, -0.25) is 4.79 Å². The van der Waals surface area contributed by atoms with Crippen molar-refractivity contribution in [1.29, 1.82) is 0 Å². The second-order valence-corrected chi connectivity index (χ2v) is 6.87. The van der Waals surface area contributed by atoms with Gasteiger partial charge in [0.2, 0.25) is 0 Å². The third kappa shape index (κ3) is 4.78. The van der Waals surface area contributed by atoms with Gasteiger partial charge in [-0.25, -0.2) is 0 Å². The molecular formula is C16H21BrClNO. The Bertz CT molecular complexity index is 456. The minimum atomic E-state index is -0.0652. The summed E-state index contributed by atoms with van der Waals surface area (Å²) in [5, 5.41) is 3.53. The number of amides is 1. The Morgan fingerprint density at radius 1 is 1.20 bits per heavy atom. The normalized spacial score (nSPS) is 17.3. The second kappa shape index (κ2) is 8.04. The van der Waals surface area contributed by atoms with Crippen molar-refractivity contribution in [1.82, 2.24) is 5.32 Å². The van der Waals surface area contributed by atoms with Crippen molar-refractivity contribution >= 4 is 33.4 Å². The average molecular weight is 359 g/mol. The highest BCUT2D eigenvalue weighted by Gasteiger charge is 2.15. The molecule has 0 saturated heterocycles. The van der Waals surface area contributed by atoms with Crippen LogP contribution in [0.4, 0.5) is 0 Å². The maximum absolute atomic E-state index is 12.2. The van der Waals surface area contributed by atoms with Gasteiger partial charge in [0, 0.05) is 11.0 Å². The molecule has 20 heavy (non-hydrogen) atoms. The van der Waals surface area contributed by atoms with Crippen LogP contribution in [-0.4, -0.2) is 12.5 Å². The van der Waals surface area contributed by atoms with Crippen LogP contribution in [0.25, 0.3) is 0 Å². The minimum Gasteiger partial charge on any atom is -0.352 e. The van der Waals surface area contributed by atoms with Crippen LogP contribution < -0.4 is 5.32 Å². The maximum Gasteiger partial charge on any atom is 0.252 e. The molecule has 4 heteroatoms. The molecule has 0 radical (unpaired) electrons. The van der Waals surface area contributed by atoms with Crippen LogP contribution in [0.2, 0.25) is 5.02 Å². The van der Waals surface area contributed by atoms with Gasteiger partial charge >= 0.3 is 0 Å². The lowest BCUT2D eigenvalue weighted by Crippen LogP contribution is -2.29. The van der Waals surface area contributed by atoms with E-state index in [-0.39, 0.29) is 5.91 Å². The van der Waals surface area contributed by atoms with Crippen molar-refractivity contribution in [3.63, 3.8) is 0 Å². The summed E-state index contributed by atoms with van der Waals surface area (Å²) in [6.07, 6.45) is 9.08. The highest BCUT2D eigenvalue weighted by molar-refractivity contribution is 9.10. The molecule has 1 amide bonds. The van der Waals surface area contributed by atoms with Crippen molar-refractivity contribution in [2.75, 3.05) is 6.54 Å². The summed E-state index contributed by atoms with van der Waals surface area (Å²) in [6, 6.07) is 5.36. The van der Waals surface area contributed by atoms with Crippen molar-refractivity contribution in [2.45, 2.75) is 44.9 Å². The van der Waals surface area contributed by atoms with Crippen LogP contribution >= 0.6 is 27.5 Å². The average Bonchev–Trinajstić information content (AvgIpc) is 2.37. The fourth-order valence-electron chi connectivity index (χ4n) is 2.75. The summed E-state index contributed by atoms with van der Waals surface area (Å²) in [4.78, 5) is 12.2. The number of rotatable bonds is 3. The lowest BCUT2D eigenvalue weighted by Gasteiger charge is -2.20. The Labute approximate surface area is 134 Å². The van der Waals surface area contributed by atoms with Crippen LogP contribution in [0.15, 0.2) is 22.7 Å². The first-order chi connectivity index (χ1) is 9.66. The SMILES string of the molecule is O=C(NCC1CCCCCCC1)c1ccc(Br)cc1Cl. The first-order valence-corrected chi connectivity index (χ1v) is 8.57. The zero-order valence-electron chi connectivity index (χ0n) is 11.6. The quantitative estimate of drug-likeness (QED) is 0.791. The molecule has 0 aliphatic heterocycles. The molecule has 2 rings (SSSR count). The number of benzene rings is 1. The molecular weight excluding hydrogens is 338 g/mol. The van der Waals surface area contributed by atoms with E-state index < -0.39 is 0 Å². The topological polar surface area (TPSA) is 29.1 Å². The van der Waals surface area contributed by atoms with Gasteiger partial charge in [-0.15, -0.1) is 0 Å². The van der Waals surface area contributed by atoms with Gasteiger partial charge in [0.15, 0.2) is 0 Å². The van der Waals surface area contributed by atoms with E-state index in [0.29, 0.717) is 16.5 Å². The van der Waals surface area contributed by atoms with E-state index in [0.717, 1.165) is 11.0 Å². The van der Waals surface area contributed by atoms with E-state index in [1.165, 1.54) is 44.9 Å². The lowest BCUT2D eigenvalue weighted by atomic mass is 9.91. The fraction of sp³-hybridized carbons (Fsp3) is 0.562. The van der Waals surface area contributed by atoms with E-state index in [2.05, 4.69) is 21.2 Å². The molecule has 0 unspecified atom stereocenters. The van der Waals surface area contributed by atoms with Gasteiger partial charge in [0.1, 0.15) is 0 Å². The first-order valence-electron chi connectivity index (χ1n) is 7.40. The molecule has 0 atom stereocenters. The van der Waals surface area contributed by atoms with E-state index in [4.69, 9.17) is 11.6 Å². The molecule has 0 spiro atoms. The van der Waals surface area contributed by atoms with Gasteiger partial charge in [0.25, 0.3) is 5.91 Å². The summed E-state index contributed by atoms with van der Waals surface area (Å²) in [5.74, 6) is 0.554. The Kier molecular flexibility index (Phi) is 6.37. The third-order valence-electron chi connectivity index (χ3n) is 3.95. The number of hydrogen-bond donors (Lipinski definition) is 1. The Hall–Kier alpha value is -0.540. The fourth-order valence-corrected chi connectivity index (χ4v) is 3.51. The number of halogens is 2. The zero-order chi connectivity index (χ0) is 14.4. The summed E-state index contributed by atoms with van der Waals surface area (Å²) < 4.78 is 0.888. The van der Waals surface area contributed by atoms with Gasteiger partial charge in [0.05, 0.1) is 10.6 Å². The van der Waals surface area contributed by atoms with E-state index in [1.807, 2.05) is 6.07 Å². The summed E-state index contributed by atoms with van der Waals surface area (Å²) in [5.41, 5.74) is 0.556. The van der Waals surface area contributed by atoms with Crippen molar-refractivity contribution in [2.24, 2.45) is 5.92 Å². The predicted molar refractivity (Wildman–Crippen MR) is 87.3 cm³/mol. The maximum atomic E-state index is 12.2. The van der Waals surface area contributed by atoms with Crippen LogP contribution in [0.1, 0.15) is 55.3 Å². The smallest absolute Gasteiger partial charge is 0.252 e. The second-order valence-electron chi connectivity index (χ2n) is 5.55. The van der Waals surface area contributed by atoms with Crippen LogP contribution in [0.5, 0.6) is 0 Å². The summed E-state index contributed by atoms with van der Waals surface area (Å²) in [7, 11) is 0. The number of hydrogen-bond acceptors (Lipinski definition) is 1. The van der Waals surface area contributed by atoms with Gasteiger partial charge in [-0.2, -0.15) is 0 Å². The van der Waals surface area contributed by atoms with Gasteiger partial charge < -0.3 is 5.32 Å². The van der Waals surface area contributed by atoms with E-state index in [1.54, 1.807) is 12.1 Å². The number of carbonyl (C=O) groups excluding carboxylic acids is 1.